The molecule has 13 heavy (non-hydrogen) atoms. The van der Waals surface area contributed by atoms with E-state index in [1.807, 2.05) is 0 Å². The molecule has 0 radical (unpaired) electrons. The van der Waals surface area contributed by atoms with Gasteiger partial charge in [0.1, 0.15) is 0 Å². The zero-order valence-electron chi connectivity index (χ0n) is 7.39. The summed E-state index contributed by atoms with van der Waals surface area (Å²) in [6.07, 6.45) is 6.36. The summed E-state index contributed by atoms with van der Waals surface area (Å²) in [6, 6.07) is 6.65. The van der Waals surface area contributed by atoms with E-state index in [-0.39, 0.29) is 0 Å². The molecule has 0 aromatic heterocycles. The van der Waals surface area contributed by atoms with Gasteiger partial charge in [-0.1, -0.05) is 28.1 Å². The van der Waals surface area contributed by atoms with Crippen LogP contribution in [0.2, 0.25) is 0 Å². The third kappa shape index (κ3) is 1.26. The molecule has 0 nitrogen and oxygen atoms in total. The van der Waals surface area contributed by atoms with Gasteiger partial charge in [-0.15, -0.1) is 0 Å². The van der Waals surface area contributed by atoms with Crippen LogP contribution in [0.25, 0.3) is 5.57 Å². The zero-order valence-corrected chi connectivity index (χ0v) is 8.97. The fraction of sp³-hybridized carbons (Fsp3) is 0.333. The standard InChI is InChI=1S/C12H11Br/c13-10-5-3-9-4-6-11(8-1-2-8)12(9)7-10/h3,5-8H,1-2,4H2. The van der Waals surface area contributed by atoms with Gasteiger partial charge < -0.3 is 0 Å². The molecule has 0 unspecified atom stereocenters. The van der Waals surface area contributed by atoms with E-state index in [0.717, 1.165) is 12.3 Å². The van der Waals surface area contributed by atoms with Gasteiger partial charge in [0.25, 0.3) is 0 Å². The highest BCUT2D eigenvalue weighted by molar-refractivity contribution is 9.10. The van der Waals surface area contributed by atoms with Gasteiger partial charge in [0.2, 0.25) is 0 Å². The molecule has 2 aliphatic rings. The Morgan fingerprint density at radius 2 is 2.08 bits per heavy atom. The number of allylic oxidation sites excluding steroid dienone is 2. The second-order valence-corrected chi connectivity index (χ2v) is 4.86. The highest BCUT2D eigenvalue weighted by Gasteiger charge is 2.29. The molecule has 0 amide bonds. The van der Waals surface area contributed by atoms with Crippen molar-refractivity contribution in [2.45, 2.75) is 19.3 Å². The van der Waals surface area contributed by atoms with E-state index in [0.29, 0.717) is 0 Å². The first-order valence-corrected chi connectivity index (χ1v) is 5.63. The van der Waals surface area contributed by atoms with Gasteiger partial charge in [0.05, 0.1) is 0 Å². The number of benzene rings is 1. The number of halogens is 1. The van der Waals surface area contributed by atoms with Crippen LogP contribution in [-0.2, 0) is 6.42 Å². The van der Waals surface area contributed by atoms with Crippen LogP contribution in [0.5, 0.6) is 0 Å². The molecular weight excluding hydrogens is 224 g/mol. The zero-order chi connectivity index (χ0) is 8.84. The summed E-state index contributed by atoms with van der Waals surface area (Å²) < 4.78 is 1.21. The summed E-state index contributed by atoms with van der Waals surface area (Å²) in [4.78, 5) is 0. The molecule has 1 saturated carbocycles. The predicted molar refractivity (Wildman–Crippen MR) is 58.5 cm³/mol. The Kier molecular flexibility index (Phi) is 1.63. The van der Waals surface area contributed by atoms with E-state index >= 15 is 0 Å². The molecule has 3 rings (SSSR count). The second kappa shape index (κ2) is 2.71. The Balaban J connectivity index is 2.09. The largest absolute Gasteiger partial charge is 0.0760 e. The Morgan fingerprint density at radius 1 is 1.23 bits per heavy atom. The van der Waals surface area contributed by atoms with Gasteiger partial charge in [-0.05, 0) is 54.0 Å². The summed E-state index contributed by atoms with van der Waals surface area (Å²) in [5.74, 6) is 0.885. The molecule has 0 heterocycles. The summed E-state index contributed by atoms with van der Waals surface area (Å²) in [5, 5.41) is 0. The molecular formula is C12H11Br. The number of hydrogen-bond donors (Lipinski definition) is 0. The van der Waals surface area contributed by atoms with E-state index in [1.165, 1.54) is 28.4 Å². The van der Waals surface area contributed by atoms with Crippen molar-refractivity contribution in [3.8, 4) is 0 Å². The molecule has 0 spiro atoms. The van der Waals surface area contributed by atoms with E-state index in [2.05, 4.69) is 40.2 Å². The quantitative estimate of drug-likeness (QED) is 0.694. The summed E-state index contributed by atoms with van der Waals surface area (Å²) >= 11 is 3.53. The minimum Gasteiger partial charge on any atom is -0.0760 e. The Bertz CT molecular complexity index is 386. The third-order valence-corrected chi connectivity index (χ3v) is 3.44. The second-order valence-electron chi connectivity index (χ2n) is 3.94. The van der Waals surface area contributed by atoms with Gasteiger partial charge in [-0.25, -0.2) is 0 Å². The topological polar surface area (TPSA) is 0 Å². The average molecular weight is 235 g/mol. The van der Waals surface area contributed by atoms with Crippen LogP contribution in [0.4, 0.5) is 0 Å². The van der Waals surface area contributed by atoms with E-state index in [1.54, 1.807) is 5.57 Å². The molecule has 0 saturated heterocycles. The monoisotopic (exact) mass is 234 g/mol. The SMILES string of the molecule is Brc1ccc2c(c1)C(C1CC1)=CC2. The van der Waals surface area contributed by atoms with Crippen LogP contribution >= 0.6 is 15.9 Å². The van der Waals surface area contributed by atoms with Crippen LogP contribution in [0.15, 0.2) is 28.7 Å². The highest BCUT2D eigenvalue weighted by Crippen LogP contribution is 2.46. The predicted octanol–water partition coefficient (Wildman–Crippen LogP) is 3.80. The van der Waals surface area contributed by atoms with Crippen LogP contribution in [-0.4, -0.2) is 0 Å². The summed E-state index contributed by atoms with van der Waals surface area (Å²) in [7, 11) is 0. The Labute approximate surface area is 86.8 Å². The first-order valence-electron chi connectivity index (χ1n) is 4.83. The molecule has 1 heteroatoms. The van der Waals surface area contributed by atoms with Crippen LogP contribution in [0, 0.1) is 5.92 Å². The van der Waals surface area contributed by atoms with Gasteiger partial charge in [-0.2, -0.15) is 0 Å². The fourth-order valence-electron chi connectivity index (χ4n) is 2.11. The van der Waals surface area contributed by atoms with Crippen molar-refractivity contribution in [2.24, 2.45) is 5.92 Å². The van der Waals surface area contributed by atoms with Crippen molar-refractivity contribution in [2.75, 3.05) is 0 Å². The lowest BCUT2D eigenvalue weighted by Gasteiger charge is -2.04. The minimum atomic E-state index is 0.885. The van der Waals surface area contributed by atoms with Crippen molar-refractivity contribution < 1.29 is 0 Å². The molecule has 0 bridgehead atoms. The van der Waals surface area contributed by atoms with Crippen molar-refractivity contribution in [3.63, 3.8) is 0 Å². The number of rotatable bonds is 1. The van der Waals surface area contributed by atoms with Crippen molar-refractivity contribution in [1.29, 1.82) is 0 Å². The molecule has 1 fully saturated rings. The minimum absolute atomic E-state index is 0.885. The van der Waals surface area contributed by atoms with Gasteiger partial charge in [0.15, 0.2) is 0 Å². The lowest BCUT2D eigenvalue weighted by atomic mass is 10.0. The fourth-order valence-corrected chi connectivity index (χ4v) is 2.47. The smallest absolute Gasteiger partial charge is 0.0181 e. The Morgan fingerprint density at radius 3 is 2.85 bits per heavy atom. The molecule has 0 aliphatic heterocycles. The summed E-state index contributed by atoms with van der Waals surface area (Å²) in [6.45, 7) is 0. The maximum absolute atomic E-state index is 3.53. The number of hydrogen-bond acceptors (Lipinski definition) is 0. The normalized spacial score (nSPS) is 19.9. The molecule has 0 N–H and O–H groups in total. The maximum atomic E-state index is 3.53. The first kappa shape index (κ1) is 7.81. The molecule has 1 aromatic rings. The van der Waals surface area contributed by atoms with Crippen LogP contribution in [0.1, 0.15) is 24.0 Å². The van der Waals surface area contributed by atoms with Crippen molar-refractivity contribution in [3.05, 3.63) is 39.9 Å². The van der Waals surface area contributed by atoms with E-state index < -0.39 is 0 Å². The van der Waals surface area contributed by atoms with Gasteiger partial charge in [0, 0.05) is 4.47 Å². The highest BCUT2D eigenvalue weighted by atomic mass is 79.9. The summed E-state index contributed by atoms with van der Waals surface area (Å²) in [5.41, 5.74) is 4.61. The molecule has 1 aromatic carbocycles. The van der Waals surface area contributed by atoms with Crippen LogP contribution in [0.3, 0.4) is 0 Å². The molecule has 66 valence electrons. The molecule has 2 aliphatic carbocycles. The van der Waals surface area contributed by atoms with Gasteiger partial charge >= 0.3 is 0 Å². The number of fused-ring (bicyclic) bond motifs is 1. The lowest BCUT2D eigenvalue weighted by Crippen LogP contribution is -1.85. The average Bonchev–Trinajstić information content (AvgIpc) is 2.87. The van der Waals surface area contributed by atoms with Crippen LogP contribution < -0.4 is 0 Å². The molecule has 0 atom stereocenters. The first-order chi connectivity index (χ1) is 6.34. The van der Waals surface area contributed by atoms with Crippen molar-refractivity contribution in [1.82, 2.24) is 0 Å². The maximum Gasteiger partial charge on any atom is 0.0181 e. The third-order valence-electron chi connectivity index (χ3n) is 2.94. The lowest BCUT2D eigenvalue weighted by molar-refractivity contribution is 1.15. The van der Waals surface area contributed by atoms with E-state index in [4.69, 9.17) is 0 Å². The van der Waals surface area contributed by atoms with E-state index in [9.17, 15) is 0 Å². The van der Waals surface area contributed by atoms with Crippen molar-refractivity contribution >= 4 is 21.5 Å². The Hall–Kier alpha value is -0.560. The van der Waals surface area contributed by atoms with Gasteiger partial charge in [-0.3, -0.25) is 0 Å².